The van der Waals surface area contributed by atoms with Crippen LogP contribution in [-0.2, 0) is 14.4 Å². The summed E-state index contributed by atoms with van der Waals surface area (Å²) in [5.74, 6) is -1.43. The molecule has 0 bridgehead atoms. The lowest BCUT2D eigenvalue weighted by atomic mass is 10.1. The van der Waals surface area contributed by atoms with Crippen LogP contribution in [0.25, 0.3) is 0 Å². The predicted octanol–water partition coefficient (Wildman–Crippen LogP) is -2.04. The first-order chi connectivity index (χ1) is 7.90. The molecule has 2 atom stereocenters. The number of amides is 5. The molecular formula is C9H14N4O4. The average Bonchev–Trinajstić information content (AvgIpc) is 2.21. The van der Waals surface area contributed by atoms with Crippen molar-refractivity contribution >= 4 is 23.8 Å². The van der Waals surface area contributed by atoms with Crippen molar-refractivity contribution in [2.45, 2.75) is 31.8 Å². The minimum absolute atomic E-state index is 0.216. The number of imide groups is 2. The van der Waals surface area contributed by atoms with Crippen LogP contribution in [0, 0.1) is 0 Å². The Morgan fingerprint density at radius 2 is 2.12 bits per heavy atom. The Morgan fingerprint density at radius 1 is 1.47 bits per heavy atom. The lowest BCUT2D eigenvalue weighted by Crippen LogP contribution is -2.56. The van der Waals surface area contributed by atoms with E-state index in [1.807, 2.05) is 5.32 Å². The third kappa shape index (κ3) is 3.83. The Balaban J connectivity index is 2.48. The van der Waals surface area contributed by atoms with E-state index in [9.17, 15) is 19.2 Å². The minimum atomic E-state index is -0.952. The van der Waals surface area contributed by atoms with Gasteiger partial charge in [-0.05, 0) is 13.3 Å². The minimum Gasteiger partial charge on any atom is -0.351 e. The SMILES string of the molecule is CC(NC1CCC(=O)NC1=O)C(=O)NC(N)=O. The van der Waals surface area contributed by atoms with E-state index in [0.717, 1.165) is 0 Å². The number of carbonyl (C=O) groups is 4. The van der Waals surface area contributed by atoms with Crippen molar-refractivity contribution in [1.82, 2.24) is 16.0 Å². The number of carbonyl (C=O) groups excluding carboxylic acids is 4. The van der Waals surface area contributed by atoms with Gasteiger partial charge in [0.2, 0.25) is 17.7 Å². The van der Waals surface area contributed by atoms with E-state index < -0.39 is 29.9 Å². The van der Waals surface area contributed by atoms with E-state index in [2.05, 4.69) is 10.6 Å². The van der Waals surface area contributed by atoms with E-state index in [-0.39, 0.29) is 12.3 Å². The molecular weight excluding hydrogens is 228 g/mol. The summed E-state index contributed by atoms with van der Waals surface area (Å²) in [5, 5.41) is 6.76. The summed E-state index contributed by atoms with van der Waals surface area (Å²) in [6, 6.07) is -2.33. The molecule has 1 rings (SSSR count). The van der Waals surface area contributed by atoms with E-state index in [1.54, 1.807) is 0 Å². The van der Waals surface area contributed by atoms with Crippen LogP contribution >= 0.6 is 0 Å². The van der Waals surface area contributed by atoms with E-state index >= 15 is 0 Å². The fraction of sp³-hybridized carbons (Fsp3) is 0.556. The Labute approximate surface area is 97.3 Å². The smallest absolute Gasteiger partial charge is 0.318 e. The Kier molecular flexibility index (Phi) is 4.16. The van der Waals surface area contributed by atoms with Gasteiger partial charge in [0.05, 0.1) is 12.1 Å². The highest BCUT2D eigenvalue weighted by molar-refractivity contribution is 6.01. The summed E-state index contributed by atoms with van der Waals surface area (Å²) in [6.07, 6.45) is 0.534. The number of piperidine rings is 1. The van der Waals surface area contributed by atoms with Crippen LogP contribution in [0.2, 0.25) is 0 Å². The molecule has 8 heteroatoms. The highest BCUT2D eigenvalue weighted by Gasteiger charge is 2.29. The molecule has 0 saturated carbocycles. The first-order valence-corrected chi connectivity index (χ1v) is 5.10. The Bertz CT molecular complexity index is 368. The Morgan fingerprint density at radius 3 is 2.65 bits per heavy atom. The van der Waals surface area contributed by atoms with Gasteiger partial charge in [-0.2, -0.15) is 0 Å². The van der Waals surface area contributed by atoms with Gasteiger partial charge in [0.25, 0.3) is 0 Å². The third-order valence-electron chi connectivity index (χ3n) is 2.33. The second-order valence-electron chi connectivity index (χ2n) is 3.75. The van der Waals surface area contributed by atoms with Crippen molar-refractivity contribution < 1.29 is 19.2 Å². The third-order valence-corrected chi connectivity index (χ3v) is 2.33. The summed E-state index contributed by atoms with van der Waals surface area (Å²) < 4.78 is 0. The van der Waals surface area contributed by atoms with Crippen LogP contribution < -0.4 is 21.7 Å². The zero-order chi connectivity index (χ0) is 13.0. The molecule has 2 unspecified atom stereocenters. The molecule has 0 aromatic heterocycles. The monoisotopic (exact) mass is 242 g/mol. The molecule has 0 spiro atoms. The van der Waals surface area contributed by atoms with E-state index in [1.165, 1.54) is 6.92 Å². The second-order valence-corrected chi connectivity index (χ2v) is 3.75. The number of nitrogens with two attached hydrogens (primary N) is 1. The van der Waals surface area contributed by atoms with Gasteiger partial charge in [-0.1, -0.05) is 0 Å². The zero-order valence-electron chi connectivity index (χ0n) is 9.28. The molecule has 17 heavy (non-hydrogen) atoms. The molecule has 0 aliphatic carbocycles. The number of primary amides is 1. The fourth-order valence-electron chi connectivity index (χ4n) is 1.46. The van der Waals surface area contributed by atoms with Gasteiger partial charge in [-0.25, -0.2) is 4.79 Å². The first kappa shape index (κ1) is 13.1. The fourth-order valence-corrected chi connectivity index (χ4v) is 1.46. The normalized spacial score (nSPS) is 21.6. The van der Waals surface area contributed by atoms with Crippen LogP contribution in [-0.4, -0.2) is 35.8 Å². The molecule has 94 valence electrons. The highest BCUT2D eigenvalue weighted by Crippen LogP contribution is 2.05. The van der Waals surface area contributed by atoms with Crippen LogP contribution in [0.4, 0.5) is 4.79 Å². The summed E-state index contributed by atoms with van der Waals surface area (Å²) >= 11 is 0. The van der Waals surface area contributed by atoms with Gasteiger partial charge in [0.1, 0.15) is 0 Å². The Hall–Kier alpha value is -1.96. The molecule has 0 radical (unpaired) electrons. The van der Waals surface area contributed by atoms with Gasteiger partial charge < -0.3 is 5.73 Å². The van der Waals surface area contributed by atoms with Crippen molar-refractivity contribution in [3.63, 3.8) is 0 Å². The molecule has 0 aromatic carbocycles. The molecule has 5 N–H and O–H groups in total. The molecule has 1 aliphatic rings. The molecule has 8 nitrogen and oxygen atoms in total. The topological polar surface area (TPSA) is 130 Å². The molecule has 1 fully saturated rings. The van der Waals surface area contributed by atoms with Crippen molar-refractivity contribution in [3.8, 4) is 0 Å². The van der Waals surface area contributed by atoms with Gasteiger partial charge in [-0.3, -0.25) is 30.3 Å². The number of urea groups is 1. The number of hydrogen-bond acceptors (Lipinski definition) is 5. The maximum absolute atomic E-state index is 11.4. The van der Waals surface area contributed by atoms with Crippen LogP contribution in [0.3, 0.4) is 0 Å². The van der Waals surface area contributed by atoms with Crippen LogP contribution in [0.5, 0.6) is 0 Å². The van der Waals surface area contributed by atoms with Crippen LogP contribution in [0.15, 0.2) is 0 Å². The second kappa shape index (κ2) is 5.39. The molecule has 0 aromatic rings. The summed E-state index contributed by atoms with van der Waals surface area (Å²) in [6.45, 7) is 1.49. The zero-order valence-corrected chi connectivity index (χ0v) is 9.28. The van der Waals surface area contributed by atoms with Crippen molar-refractivity contribution in [2.24, 2.45) is 5.73 Å². The molecule has 1 saturated heterocycles. The standard InChI is InChI=1S/C9H14N4O4/c1-4(7(15)13-9(10)17)11-5-2-3-6(14)12-8(5)16/h4-5,11H,2-3H2,1H3,(H,12,14,16)(H3,10,13,15,17). The lowest BCUT2D eigenvalue weighted by molar-refractivity contribution is -0.135. The van der Waals surface area contributed by atoms with E-state index in [4.69, 9.17) is 5.73 Å². The van der Waals surface area contributed by atoms with Crippen molar-refractivity contribution in [1.29, 1.82) is 0 Å². The van der Waals surface area contributed by atoms with Crippen LogP contribution in [0.1, 0.15) is 19.8 Å². The van der Waals surface area contributed by atoms with Crippen molar-refractivity contribution in [2.75, 3.05) is 0 Å². The highest BCUT2D eigenvalue weighted by atomic mass is 16.2. The molecule has 1 heterocycles. The number of rotatable bonds is 3. The largest absolute Gasteiger partial charge is 0.351 e. The van der Waals surface area contributed by atoms with Crippen molar-refractivity contribution in [3.05, 3.63) is 0 Å². The molecule has 1 aliphatic heterocycles. The van der Waals surface area contributed by atoms with Gasteiger partial charge in [0, 0.05) is 6.42 Å². The maximum atomic E-state index is 11.4. The average molecular weight is 242 g/mol. The first-order valence-electron chi connectivity index (χ1n) is 5.10. The predicted molar refractivity (Wildman–Crippen MR) is 56.5 cm³/mol. The molecule has 5 amide bonds. The number of hydrogen-bond donors (Lipinski definition) is 4. The summed E-state index contributed by atoms with van der Waals surface area (Å²) in [4.78, 5) is 44.0. The summed E-state index contributed by atoms with van der Waals surface area (Å²) in [7, 11) is 0. The summed E-state index contributed by atoms with van der Waals surface area (Å²) in [5.41, 5.74) is 4.79. The quantitative estimate of drug-likeness (QED) is 0.424. The van der Waals surface area contributed by atoms with Gasteiger partial charge >= 0.3 is 6.03 Å². The lowest BCUT2D eigenvalue weighted by Gasteiger charge is -2.24. The van der Waals surface area contributed by atoms with Gasteiger partial charge in [-0.15, -0.1) is 0 Å². The number of nitrogens with one attached hydrogen (secondary N) is 3. The van der Waals surface area contributed by atoms with E-state index in [0.29, 0.717) is 6.42 Å². The van der Waals surface area contributed by atoms with Gasteiger partial charge in [0.15, 0.2) is 0 Å². The maximum Gasteiger partial charge on any atom is 0.318 e.